The number of hydrogen-bond acceptors (Lipinski definition) is 5. The van der Waals surface area contributed by atoms with Crippen molar-refractivity contribution in [3.05, 3.63) is 53.6 Å². The summed E-state index contributed by atoms with van der Waals surface area (Å²) >= 11 is 0. The molecule has 3 rings (SSSR count). The molecular weight excluding hydrogens is 396 g/mol. The number of piperidine rings is 1. The lowest BCUT2D eigenvalue weighted by atomic mass is 10.1. The van der Waals surface area contributed by atoms with E-state index < -0.39 is 0 Å². The number of hydrogen-bond donors (Lipinski definition) is 1. The van der Waals surface area contributed by atoms with E-state index in [4.69, 9.17) is 14.2 Å². The van der Waals surface area contributed by atoms with Gasteiger partial charge in [0.15, 0.2) is 24.7 Å². The van der Waals surface area contributed by atoms with Gasteiger partial charge in [0.2, 0.25) is 0 Å². The van der Waals surface area contributed by atoms with Gasteiger partial charge in [-0.05, 0) is 56.0 Å². The van der Waals surface area contributed by atoms with Crippen LogP contribution in [0.2, 0.25) is 0 Å². The van der Waals surface area contributed by atoms with Crippen LogP contribution in [0.4, 0.5) is 0 Å². The molecule has 7 nitrogen and oxygen atoms in total. The summed E-state index contributed by atoms with van der Waals surface area (Å²) in [6.45, 7) is 5.09. The third kappa shape index (κ3) is 6.13. The molecule has 0 spiro atoms. The molecule has 1 aliphatic heterocycles. The molecule has 0 atom stereocenters. The molecule has 1 fully saturated rings. The smallest absolute Gasteiger partial charge is 0.260 e. The Morgan fingerprint density at radius 2 is 1.58 bits per heavy atom. The lowest BCUT2D eigenvalue weighted by molar-refractivity contribution is -0.134. The van der Waals surface area contributed by atoms with Gasteiger partial charge in [0.1, 0.15) is 5.75 Å². The van der Waals surface area contributed by atoms with Gasteiger partial charge in [0.05, 0.1) is 7.11 Å². The van der Waals surface area contributed by atoms with Gasteiger partial charge in [-0.15, -0.1) is 0 Å². The molecule has 2 amide bonds. The van der Waals surface area contributed by atoms with Crippen molar-refractivity contribution < 1.29 is 23.8 Å². The van der Waals surface area contributed by atoms with Crippen molar-refractivity contribution in [1.82, 2.24) is 10.2 Å². The van der Waals surface area contributed by atoms with E-state index in [0.717, 1.165) is 16.9 Å². The monoisotopic (exact) mass is 426 g/mol. The van der Waals surface area contributed by atoms with E-state index in [2.05, 4.69) is 5.32 Å². The number of amides is 2. The molecule has 0 aromatic heterocycles. The molecule has 7 heteroatoms. The van der Waals surface area contributed by atoms with Crippen LogP contribution >= 0.6 is 0 Å². The number of rotatable bonds is 8. The van der Waals surface area contributed by atoms with Crippen LogP contribution in [-0.4, -0.2) is 56.2 Å². The SMILES string of the molecule is COc1ccccc1OCC(=O)N1CCC(NC(=O)COc2cccc(C)c2C)CC1. The van der Waals surface area contributed by atoms with Crippen LogP contribution in [0.5, 0.6) is 17.2 Å². The Morgan fingerprint density at radius 1 is 0.935 bits per heavy atom. The van der Waals surface area contributed by atoms with E-state index in [0.29, 0.717) is 37.4 Å². The number of nitrogens with one attached hydrogen (secondary N) is 1. The third-order valence-electron chi connectivity index (χ3n) is 5.55. The zero-order valence-electron chi connectivity index (χ0n) is 18.3. The van der Waals surface area contributed by atoms with Crippen molar-refractivity contribution in [2.75, 3.05) is 33.4 Å². The number of likely N-dealkylation sites (tertiary alicyclic amines) is 1. The van der Waals surface area contributed by atoms with Gasteiger partial charge in [0.25, 0.3) is 11.8 Å². The zero-order valence-corrected chi connectivity index (χ0v) is 18.3. The van der Waals surface area contributed by atoms with Gasteiger partial charge in [-0.1, -0.05) is 24.3 Å². The van der Waals surface area contributed by atoms with Crippen LogP contribution in [0.15, 0.2) is 42.5 Å². The Hall–Kier alpha value is -3.22. The van der Waals surface area contributed by atoms with Crippen LogP contribution in [0.3, 0.4) is 0 Å². The minimum atomic E-state index is -0.148. The number of ether oxygens (including phenoxy) is 3. The Balaban J connectivity index is 1.39. The zero-order chi connectivity index (χ0) is 22.2. The second-order valence-corrected chi connectivity index (χ2v) is 7.65. The predicted molar refractivity (Wildman–Crippen MR) is 118 cm³/mol. The fraction of sp³-hybridized carbons (Fsp3) is 0.417. The minimum absolute atomic E-state index is 0.0177. The number of benzene rings is 2. The van der Waals surface area contributed by atoms with E-state index in [1.54, 1.807) is 24.1 Å². The molecule has 2 aromatic rings. The number of para-hydroxylation sites is 2. The molecule has 1 saturated heterocycles. The maximum Gasteiger partial charge on any atom is 0.260 e. The minimum Gasteiger partial charge on any atom is -0.493 e. The highest BCUT2D eigenvalue weighted by Gasteiger charge is 2.24. The molecule has 1 aliphatic rings. The second kappa shape index (κ2) is 10.7. The van der Waals surface area contributed by atoms with Crippen LogP contribution in [-0.2, 0) is 9.59 Å². The van der Waals surface area contributed by atoms with Gasteiger partial charge in [-0.25, -0.2) is 0 Å². The topological polar surface area (TPSA) is 77.1 Å². The largest absolute Gasteiger partial charge is 0.493 e. The molecule has 0 saturated carbocycles. The van der Waals surface area contributed by atoms with Crippen LogP contribution < -0.4 is 19.5 Å². The molecular formula is C24H30N2O5. The highest BCUT2D eigenvalue weighted by molar-refractivity contribution is 5.79. The fourth-order valence-corrected chi connectivity index (χ4v) is 3.54. The van der Waals surface area contributed by atoms with Gasteiger partial charge < -0.3 is 24.4 Å². The highest BCUT2D eigenvalue weighted by Crippen LogP contribution is 2.26. The number of nitrogens with zero attached hydrogens (tertiary/aromatic N) is 1. The molecule has 1 N–H and O–H groups in total. The Bertz CT molecular complexity index is 907. The van der Waals surface area contributed by atoms with Crippen molar-refractivity contribution in [3.63, 3.8) is 0 Å². The summed E-state index contributed by atoms with van der Waals surface area (Å²) in [7, 11) is 1.57. The predicted octanol–water partition coefficient (Wildman–Crippen LogP) is 2.88. The summed E-state index contributed by atoms with van der Waals surface area (Å²) in [5, 5.41) is 3.01. The molecule has 166 valence electrons. The molecule has 31 heavy (non-hydrogen) atoms. The van der Waals surface area contributed by atoms with E-state index in [-0.39, 0.29) is 31.1 Å². The van der Waals surface area contributed by atoms with Crippen LogP contribution in [0.1, 0.15) is 24.0 Å². The first-order valence-corrected chi connectivity index (χ1v) is 10.5. The average molecular weight is 427 g/mol. The van der Waals surface area contributed by atoms with E-state index in [1.165, 1.54) is 0 Å². The Labute approximate surface area is 183 Å². The number of aryl methyl sites for hydroxylation is 1. The normalized spacial score (nSPS) is 14.1. The van der Waals surface area contributed by atoms with Crippen LogP contribution in [0.25, 0.3) is 0 Å². The molecule has 1 heterocycles. The van der Waals surface area contributed by atoms with Gasteiger partial charge in [-0.2, -0.15) is 0 Å². The maximum absolute atomic E-state index is 12.5. The van der Waals surface area contributed by atoms with Gasteiger partial charge in [0, 0.05) is 19.1 Å². The van der Waals surface area contributed by atoms with Gasteiger partial charge >= 0.3 is 0 Å². The van der Waals surface area contributed by atoms with E-state index >= 15 is 0 Å². The van der Waals surface area contributed by atoms with Crippen molar-refractivity contribution in [2.45, 2.75) is 32.7 Å². The van der Waals surface area contributed by atoms with Gasteiger partial charge in [-0.3, -0.25) is 9.59 Å². The molecule has 2 aromatic carbocycles. The average Bonchev–Trinajstić information content (AvgIpc) is 2.79. The summed E-state index contributed by atoms with van der Waals surface area (Å²) in [6.07, 6.45) is 1.41. The summed E-state index contributed by atoms with van der Waals surface area (Å²) in [5.74, 6) is 1.65. The Kier molecular flexibility index (Phi) is 7.76. The summed E-state index contributed by atoms with van der Waals surface area (Å²) < 4.78 is 16.5. The molecule has 0 unspecified atom stereocenters. The first kappa shape index (κ1) is 22.5. The summed E-state index contributed by atoms with van der Waals surface area (Å²) in [5.41, 5.74) is 2.17. The second-order valence-electron chi connectivity index (χ2n) is 7.65. The molecule has 0 radical (unpaired) electrons. The Morgan fingerprint density at radius 3 is 2.29 bits per heavy atom. The number of carbonyl (C=O) groups excluding carboxylic acids is 2. The van der Waals surface area contributed by atoms with E-state index in [1.807, 2.05) is 44.2 Å². The lowest BCUT2D eigenvalue weighted by Crippen LogP contribution is -2.48. The number of carbonyl (C=O) groups is 2. The van der Waals surface area contributed by atoms with Crippen molar-refractivity contribution in [2.24, 2.45) is 0 Å². The summed E-state index contributed by atoms with van der Waals surface area (Å²) in [6, 6.07) is 13.1. The fourth-order valence-electron chi connectivity index (χ4n) is 3.54. The van der Waals surface area contributed by atoms with E-state index in [9.17, 15) is 9.59 Å². The first-order chi connectivity index (χ1) is 15.0. The van der Waals surface area contributed by atoms with Crippen LogP contribution in [0, 0.1) is 13.8 Å². The van der Waals surface area contributed by atoms with Crippen molar-refractivity contribution in [1.29, 1.82) is 0 Å². The quantitative estimate of drug-likeness (QED) is 0.702. The lowest BCUT2D eigenvalue weighted by Gasteiger charge is -2.32. The molecule has 0 bridgehead atoms. The number of methoxy groups -OCH3 is 1. The van der Waals surface area contributed by atoms with Crippen molar-refractivity contribution >= 4 is 11.8 Å². The van der Waals surface area contributed by atoms with Crippen molar-refractivity contribution in [3.8, 4) is 17.2 Å². The third-order valence-corrected chi connectivity index (χ3v) is 5.55. The summed E-state index contributed by atoms with van der Waals surface area (Å²) in [4.78, 5) is 26.5. The first-order valence-electron chi connectivity index (χ1n) is 10.5. The standard InChI is InChI=1S/C24H30N2O5/c1-17-7-6-10-20(18(17)2)30-15-23(27)25-19-11-13-26(14-12-19)24(28)16-31-22-9-5-4-8-21(22)29-3/h4-10,19H,11-16H2,1-3H3,(H,25,27). The molecule has 0 aliphatic carbocycles. The maximum atomic E-state index is 12.5. The highest BCUT2D eigenvalue weighted by atomic mass is 16.5.